The summed E-state index contributed by atoms with van der Waals surface area (Å²) in [6.45, 7) is 0.950. The van der Waals surface area contributed by atoms with Gasteiger partial charge in [-0.3, -0.25) is 4.79 Å². The van der Waals surface area contributed by atoms with Crippen LogP contribution in [-0.4, -0.2) is 27.5 Å². The van der Waals surface area contributed by atoms with Crippen LogP contribution in [-0.2, 0) is 11.3 Å². The van der Waals surface area contributed by atoms with Crippen LogP contribution in [0.4, 0.5) is 4.39 Å². The second kappa shape index (κ2) is 5.92. The fraction of sp³-hybridized carbons (Fsp3) is 0.235. The molecule has 0 N–H and O–H groups in total. The van der Waals surface area contributed by atoms with Gasteiger partial charge in [0.1, 0.15) is 5.82 Å². The van der Waals surface area contributed by atoms with Crippen LogP contribution in [0.1, 0.15) is 23.7 Å². The Hall–Kier alpha value is -2.96. The smallest absolute Gasteiger partial charge is 0.293 e. The summed E-state index contributed by atoms with van der Waals surface area (Å²) in [6, 6.07) is 9.61. The van der Waals surface area contributed by atoms with Crippen LogP contribution in [0.25, 0.3) is 11.7 Å². The van der Waals surface area contributed by atoms with Gasteiger partial charge in [-0.25, -0.2) is 4.39 Å². The van der Waals surface area contributed by atoms with E-state index >= 15 is 0 Å². The molecule has 1 aromatic carbocycles. The van der Waals surface area contributed by atoms with E-state index in [4.69, 9.17) is 8.94 Å². The molecule has 1 atom stereocenters. The van der Waals surface area contributed by atoms with E-state index in [-0.39, 0.29) is 17.6 Å². The summed E-state index contributed by atoms with van der Waals surface area (Å²) >= 11 is 0. The van der Waals surface area contributed by atoms with Crippen molar-refractivity contribution < 1.29 is 18.1 Å². The lowest BCUT2D eigenvalue weighted by molar-refractivity contribution is -0.128. The van der Waals surface area contributed by atoms with E-state index in [1.54, 1.807) is 29.2 Å². The third-order valence-electron chi connectivity index (χ3n) is 4.04. The Morgan fingerprint density at radius 1 is 1.25 bits per heavy atom. The van der Waals surface area contributed by atoms with E-state index in [0.29, 0.717) is 37.0 Å². The number of furan rings is 1. The van der Waals surface area contributed by atoms with Gasteiger partial charge >= 0.3 is 0 Å². The van der Waals surface area contributed by atoms with E-state index in [1.807, 2.05) is 0 Å². The molecule has 7 heteroatoms. The second-order valence-electron chi connectivity index (χ2n) is 5.74. The summed E-state index contributed by atoms with van der Waals surface area (Å²) in [5.41, 5.74) is 0.884. The number of carbonyl (C=O) groups excluding carboxylic acids is 1. The lowest BCUT2D eigenvalue weighted by Crippen LogP contribution is -2.24. The third kappa shape index (κ3) is 2.80. The summed E-state index contributed by atoms with van der Waals surface area (Å²) in [6.07, 6.45) is 1.86. The van der Waals surface area contributed by atoms with Crippen LogP contribution in [0.2, 0.25) is 0 Å². The van der Waals surface area contributed by atoms with Gasteiger partial charge in [-0.1, -0.05) is 17.3 Å². The van der Waals surface area contributed by atoms with Gasteiger partial charge in [0.25, 0.3) is 5.89 Å². The van der Waals surface area contributed by atoms with Crippen molar-refractivity contribution in [1.29, 1.82) is 0 Å². The lowest BCUT2D eigenvalue weighted by atomic mass is 10.1. The minimum atomic E-state index is -0.290. The zero-order valence-electron chi connectivity index (χ0n) is 12.7. The summed E-state index contributed by atoms with van der Waals surface area (Å²) < 4.78 is 23.4. The van der Waals surface area contributed by atoms with Gasteiger partial charge in [-0.05, 0) is 29.8 Å². The number of rotatable bonds is 4. The maximum Gasteiger partial charge on any atom is 0.293 e. The topological polar surface area (TPSA) is 72.4 Å². The van der Waals surface area contributed by atoms with Crippen LogP contribution < -0.4 is 0 Å². The molecule has 1 amide bonds. The first-order valence-electron chi connectivity index (χ1n) is 7.59. The van der Waals surface area contributed by atoms with Crippen molar-refractivity contribution in [3.05, 3.63) is 59.9 Å². The number of likely N-dealkylation sites (tertiary alicyclic amines) is 1. The first-order valence-corrected chi connectivity index (χ1v) is 7.59. The van der Waals surface area contributed by atoms with Crippen molar-refractivity contribution in [3.8, 4) is 11.7 Å². The molecule has 24 heavy (non-hydrogen) atoms. The third-order valence-corrected chi connectivity index (χ3v) is 4.04. The summed E-state index contributed by atoms with van der Waals surface area (Å²) in [4.78, 5) is 18.3. The number of hydrogen-bond acceptors (Lipinski definition) is 5. The van der Waals surface area contributed by atoms with Gasteiger partial charge in [-0.15, -0.1) is 0 Å². The lowest BCUT2D eigenvalue weighted by Gasteiger charge is -2.16. The molecule has 1 aliphatic heterocycles. The molecule has 0 radical (unpaired) electrons. The predicted octanol–water partition coefficient (Wildman–Crippen LogP) is 2.98. The van der Waals surface area contributed by atoms with E-state index in [0.717, 1.165) is 5.56 Å². The zero-order valence-corrected chi connectivity index (χ0v) is 12.7. The highest BCUT2D eigenvalue weighted by atomic mass is 19.1. The fourth-order valence-corrected chi connectivity index (χ4v) is 2.81. The second-order valence-corrected chi connectivity index (χ2v) is 5.74. The molecule has 0 saturated carbocycles. The molecule has 0 spiro atoms. The standard InChI is InChI=1S/C17H14FN3O3/c18-13-5-3-11(4-6-13)9-21-10-12(8-15(21)22)16-19-17(24-20-16)14-2-1-7-23-14/h1-7,12H,8-10H2. The number of carbonyl (C=O) groups is 1. The molecule has 1 aliphatic rings. The molecule has 2 aromatic heterocycles. The highest BCUT2D eigenvalue weighted by molar-refractivity contribution is 5.79. The van der Waals surface area contributed by atoms with Crippen molar-refractivity contribution in [1.82, 2.24) is 15.0 Å². The molecular formula is C17H14FN3O3. The average molecular weight is 327 g/mol. The normalized spacial score (nSPS) is 17.6. The summed E-state index contributed by atoms with van der Waals surface area (Å²) in [5.74, 6) is 0.915. The Kier molecular flexibility index (Phi) is 3.60. The van der Waals surface area contributed by atoms with Crippen molar-refractivity contribution >= 4 is 5.91 Å². The van der Waals surface area contributed by atoms with Crippen molar-refractivity contribution in [2.75, 3.05) is 6.54 Å². The van der Waals surface area contributed by atoms with Crippen molar-refractivity contribution in [2.45, 2.75) is 18.9 Å². The fourth-order valence-electron chi connectivity index (χ4n) is 2.81. The van der Waals surface area contributed by atoms with Crippen LogP contribution in [0.5, 0.6) is 0 Å². The van der Waals surface area contributed by atoms with Crippen molar-refractivity contribution in [2.24, 2.45) is 0 Å². The average Bonchev–Trinajstić information content (AvgIpc) is 3.30. The number of hydrogen-bond donors (Lipinski definition) is 0. The highest BCUT2D eigenvalue weighted by Crippen LogP contribution is 2.29. The SMILES string of the molecule is O=C1CC(c2noc(-c3ccco3)n2)CN1Cc1ccc(F)cc1. The summed E-state index contributed by atoms with van der Waals surface area (Å²) in [5, 5.41) is 3.97. The Balaban J connectivity index is 1.47. The van der Waals surface area contributed by atoms with Crippen LogP contribution >= 0.6 is 0 Å². The number of halogens is 1. The van der Waals surface area contributed by atoms with E-state index < -0.39 is 0 Å². The quantitative estimate of drug-likeness (QED) is 0.736. The molecule has 0 bridgehead atoms. The zero-order chi connectivity index (χ0) is 16.5. The molecule has 122 valence electrons. The minimum Gasteiger partial charge on any atom is -0.459 e. The molecular weight excluding hydrogens is 313 g/mol. The maximum absolute atomic E-state index is 13.0. The van der Waals surface area contributed by atoms with Gasteiger partial charge in [0.05, 0.1) is 6.26 Å². The molecule has 3 aromatic rings. The molecule has 0 aliphatic carbocycles. The Bertz CT molecular complexity index is 842. The van der Waals surface area contributed by atoms with Gasteiger partial charge in [0, 0.05) is 25.4 Å². The monoisotopic (exact) mass is 327 g/mol. The Labute approximate surface area is 136 Å². The largest absolute Gasteiger partial charge is 0.459 e. The van der Waals surface area contributed by atoms with Gasteiger partial charge in [0.2, 0.25) is 5.91 Å². The Morgan fingerprint density at radius 2 is 2.08 bits per heavy atom. The number of nitrogens with zero attached hydrogens (tertiary/aromatic N) is 3. The highest BCUT2D eigenvalue weighted by Gasteiger charge is 2.33. The molecule has 1 saturated heterocycles. The van der Waals surface area contributed by atoms with Gasteiger partial charge in [-0.2, -0.15) is 4.98 Å². The first kappa shape index (κ1) is 14.6. The first-order chi connectivity index (χ1) is 11.7. The molecule has 1 fully saturated rings. The maximum atomic E-state index is 13.0. The van der Waals surface area contributed by atoms with Crippen LogP contribution in [0.15, 0.2) is 51.6 Å². The Morgan fingerprint density at radius 3 is 2.83 bits per heavy atom. The molecule has 4 rings (SSSR count). The number of benzene rings is 1. The van der Waals surface area contributed by atoms with Crippen molar-refractivity contribution in [3.63, 3.8) is 0 Å². The van der Waals surface area contributed by atoms with Gasteiger partial charge < -0.3 is 13.8 Å². The summed E-state index contributed by atoms with van der Waals surface area (Å²) in [7, 11) is 0. The van der Waals surface area contributed by atoms with Crippen LogP contribution in [0.3, 0.4) is 0 Å². The predicted molar refractivity (Wildman–Crippen MR) is 81.2 cm³/mol. The van der Waals surface area contributed by atoms with Gasteiger partial charge in [0.15, 0.2) is 11.6 Å². The molecule has 1 unspecified atom stereocenters. The van der Waals surface area contributed by atoms with E-state index in [9.17, 15) is 9.18 Å². The number of aromatic nitrogens is 2. The van der Waals surface area contributed by atoms with Crippen LogP contribution in [0, 0.1) is 5.82 Å². The minimum absolute atomic E-state index is 0.0219. The molecule has 6 nitrogen and oxygen atoms in total. The van der Waals surface area contributed by atoms with E-state index in [1.165, 1.54) is 18.4 Å². The molecule has 3 heterocycles. The van der Waals surface area contributed by atoms with E-state index in [2.05, 4.69) is 10.1 Å². The number of amides is 1.